The maximum Gasteiger partial charge on any atom is 0.364 e. The summed E-state index contributed by atoms with van der Waals surface area (Å²) >= 11 is 0. The summed E-state index contributed by atoms with van der Waals surface area (Å²) in [5.41, 5.74) is 0. The lowest BCUT2D eigenvalue weighted by atomic mass is 9.88. The molecule has 2 amide bonds. The number of carbonyl (C=O) groups is 4. The molecule has 0 aromatic carbocycles. The van der Waals surface area contributed by atoms with E-state index in [4.69, 9.17) is 71.1 Å². The maximum atomic E-state index is 14.0. The zero-order valence-corrected chi connectivity index (χ0v) is 57.5. The van der Waals surface area contributed by atoms with Gasteiger partial charge in [-0.25, -0.2) is 9.59 Å². The summed E-state index contributed by atoms with van der Waals surface area (Å²) in [6.45, 7) is -8.64. The molecule has 0 aliphatic carbocycles. The molecule has 0 unspecified atom stereocenters. The van der Waals surface area contributed by atoms with Crippen molar-refractivity contribution in [2.24, 2.45) is 0 Å². The highest BCUT2D eigenvalue weighted by Gasteiger charge is 2.65. The third kappa shape index (κ3) is 19.3. The van der Waals surface area contributed by atoms with Crippen LogP contribution in [0.25, 0.3) is 0 Å². The van der Waals surface area contributed by atoms with E-state index in [2.05, 4.69) is 10.6 Å². The van der Waals surface area contributed by atoms with Crippen LogP contribution in [0.2, 0.25) is 0 Å². The van der Waals surface area contributed by atoms with E-state index in [0.717, 1.165) is 13.8 Å². The SMILES string of the molecule is CC(=O)N[C@H]1[C@H](O[C@@H]2[C@H](O[C@]3(C(=O)O)C[C@H](O)[C@@H](NC(C)=O)[C@H]([C@H](O)[C@H](O)CO)O3)[C@@H](O)[C@H](O[C@@H]3[C@H](O)[C@@H](O[C@@H]4[C@H](O)[C@@H](O[C@H]5[C@@H]([C@H](O)CO)O[C@@](O)(C(=O)O)C[C@H]5O)O[C@H]([C@@H](O)CO)[C@H]4O[C@H]4O[C@H](CO)[C@@H](O)[C@H](O)[C@H]4O)O[C@H]([C@@H](O)CO)[C@H]3O)O[C@@H]2CO)O[C@H](CO)[C@H](O)[C@@H]1O[C@@H]1O[C@H](CO)[C@H](O)[C@H](O)[C@H]1O. The van der Waals surface area contributed by atoms with Crippen molar-refractivity contribution in [3.05, 3.63) is 0 Å². The summed E-state index contributed by atoms with van der Waals surface area (Å²) in [6, 6.07) is -4.01. The third-order valence-electron chi connectivity index (χ3n) is 19.7. The van der Waals surface area contributed by atoms with Crippen LogP contribution in [-0.2, 0) is 90.2 Å². The van der Waals surface area contributed by atoms with Gasteiger partial charge < -0.3 is 230 Å². The van der Waals surface area contributed by atoms with E-state index in [1.54, 1.807) is 0 Å². The minimum Gasteiger partial charge on any atom is -0.477 e. The van der Waals surface area contributed by atoms with Crippen LogP contribution < -0.4 is 10.6 Å². The van der Waals surface area contributed by atoms with Crippen molar-refractivity contribution in [1.82, 2.24) is 10.6 Å². The molecule has 43 atom stereocenters. The number of hydrogen-bond donors (Lipinski definition) is 31. The monoisotopic (exact) mass is 1600 g/mol. The van der Waals surface area contributed by atoms with Gasteiger partial charge in [-0.1, -0.05) is 0 Å². The number of aliphatic hydroxyl groups is 27. The average Bonchev–Trinajstić information content (AvgIpc) is 0.752. The largest absolute Gasteiger partial charge is 0.477 e. The molecular formula is C59H98N2O48. The van der Waals surface area contributed by atoms with Crippen LogP contribution in [-0.4, -0.2) is 488 Å². The quantitative estimate of drug-likeness (QED) is 0.0306. The fraction of sp³-hybridized carbons (Fsp3) is 0.932. The van der Waals surface area contributed by atoms with Crippen molar-refractivity contribution in [3.8, 4) is 0 Å². The predicted molar refractivity (Wildman–Crippen MR) is 328 cm³/mol. The number of rotatable bonds is 31. The lowest BCUT2D eigenvalue weighted by Gasteiger charge is -2.53. The normalized spacial score (nSPS) is 47.2. The van der Waals surface area contributed by atoms with Crippen molar-refractivity contribution < 1.29 is 238 Å². The highest BCUT2D eigenvalue weighted by atomic mass is 16.8. The Kier molecular flexibility index (Phi) is 31.9. The molecule has 8 rings (SSSR count). The molecule has 0 aromatic heterocycles. The van der Waals surface area contributed by atoms with Crippen LogP contribution in [0.5, 0.6) is 0 Å². The number of carbonyl (C=O) groups excluding carboxylic acids is 2. The number of nitrogens with one attached hydrogen (secondary N) is 2. The summed E-state index contributed by atoms with van der Waals surface area (Å²) in [4.78, 5) is 51.8. The Hall–Kier alpha value is -3.80. The van der Waals surface area contributed by atoms with Crippen LogP contribution in [0.1, 0.15) is 26.7 Å². The van der Waals surface area contributed by atoms with Gasteiger partial charge in [0.1, 0.15) is 195 Å². The zero-order valence-electron chi connectivity index (χ0n) is 57.5. The Bertz CT molecular complexity index is 2910. The van der Waals surface area contributed by atoms with E-state index in [1.807, 2.05) is 0 Å². The Labute approximate surface area is 613 Å². The van der Waals surface area contributed by atoms with Gasteiger partial charge in [0.15, 0.2) is 37.7 Å². The Morgan fingerprint density at radius 2 is 0.789 bits per heavy atom. The summed E-state index contributed by atoms with van der Waals surface area (Å²) in [5.74, 6) is -13.5. The standard InChI is InChI=1S/C59H98N2O48/c1-13(70)60-25-15(72)4-59(57(92)93,108-45(25)27(78)17(74)5-62)109-48-38(89)53(98-24(12-69)43(48)102-50-26(61-14(2)71)44(30(81)23(11-68)95-50)103-51-33(84)31(82)28(79)21(9-66)96-51)104-46-35(86)39(18(75)6-63)99-54(36(46)87)105-47-37(88)55(100-40-16(73)3-58(94,56(90)91)107-42(40)20(77)8-65)101-41(19(76)7-64)49(47)106-52-34(85)32(83)29(80)22(10-67)97-52/h15-55,62-69,72-89,94H,3-12H2,1-2H3,(H,60,70)(H,61,71)(H,90,91)(H,92,93)/t15-,16+,17+,18-,19-,20+,21+,22+,23+,24+,25+,26+,27+,28-,29+,30-,31-,32-,33+,34+,35+,36-,37-,38+,39+,40+,41+,42+,43-,44+,45+,46-,47+,48+,49+,50-,51-,52+,53-,54+,55-,58+,59-/m0/s1. The number of amides is 2. The van der Waals surface area contributed by atoms with Crippen molar-refractivity contribution in [1.29, 1.82) is 0 Å². The molecular weight excluding hydrogens is 1500 g/mol. The van der Waals surface area contributed by atoms with Gasteiger partial charge in [0, 0.05) is 26.7 Å². The molecule has 8 aliphatic heterocycles. The van der Waals surface area contributed by atoms with Crippen LogP contribution in [0, 0.1) is 0 Å². The van der Waals surface area contributed by atoms with Crippen LogP contribution in [0.3, 0.4) is 0 Å². The van der Waals surface area contributed by atoms with Crippen molar-refractivity contribution in [2.45, 2.75) is 290 Å². The van der Waals surface area contributed by atoms with E-state index < -0.39 is 352 Å². The molecule has 50 heteroatoms. The fourth-order valence-electron chi connectivity index (χ4n) is 13.9. The first-order chi connectivity index (χ1) is 51.3. The first-order valence-electron chi connectivity index (χ1n) is 34.0. The van der Waals surface area contributed by atoms with Crippen molar-refractivity contribution >= 4 is 23.8 Å². The molecule has 0 radical (unpaired) electrons. The lowest BCUT2D eigenvalue weighted by Crippen LogP contribution is -2.72. The first-order valence-corrected chi connectivity index (χ1v) is 34.0. The predicted octanol–water partition coefficient (Wildman–Crippen LogP) is -20.4. The van der Waals surface area contributed by atoms with Gasteiger partial charge in [-0.15, -0.1) is 0 Å². The van der Waals surface area contributed by atoms with E-state index in [9.17, 15) is 167 Å². The molecule has 50 nitrogen and oxygen atoms in total. The van der Waals surface area contributed by atoms with Crippen LogP contribution in [0.15, 0.2) is 0 Å². The number of carboxylic acid groups (broad SMARTS) is 2. The second-order valence-corrected chi connectivity index (χ2v) is 27.2. The van der Waals surface area contributed by atoms with E-state index >= 15 is 0 Å². The van der Waals surface area contributed by atoms with Crippen molar-refractivity contribution in [3.63, 3.8) is 0 Å². The van der Waals surface area contributed by atoms with Gasteiger partial charge in [-0.2, -0.15) is 0 Å². The average molecular weight is 1600 g/mol. The Balaban J connectivity index is 1.23. The summed E-state index contributed by atoms with van der Waals surface area (Å²) in [6.07, 6.45) is -95.6. The van der Waals surface area contributed by atoms with E-state index in [-0.39, 0.29) is 0 Å². The topological polar surface area (TPSA) is 817 Å². The molecule has 8 aliphatic rings. The Morgan fingerprint density at radius 3 is 1.29 bits per heavy atom. The molecule has 0 bridgehead atoms. The highest BCUT2D eigenvalue weighted by molar-refractivity contribution is 5.77. The summed E-state index contributed by atoms with van der Waals surface area (Å²) in [7, 11) is 0. The van der Waals surface area contributed by atoms with Crippen molar-refractivity contribution in [2.75, 3.05) is 52.9 Å². The van der Waals surface area contributed by atoms with Gasteiger partial charge in [-0.05, 0) is 0 Å². The lowest BCUT2D eigenvalue weighted by molar-refractivity contribution is -0.416. The molecule has 8 fully saturated rings. The molecule has 0 saturated carbocycles. The number of aliphatic carboxylic acids is 2. The molecule has 8 heterocycles. The van der Waals surface area contributed by atoms with E-state index in [1.165, 1.54) is 0 Å². The minimum absolute atomic E-state index is 0.861. The number of hydrogen-bond acceptors (Lipinski definition) is 46. The molecule has 0 aromatic rings. The number of carboxylic acids is 2. The van der Waals surface area contributed by atoms with E-state index in [0.29, 0.717) is 0 Å². The molecule has 109 heavy (non-hydrogen) atoms. The molecule has 0 spiro atoms. The Morgan fingerprint density at radius 1 is 0.376 bits per heavy atom. The molecule has 632 valence electrons. The number of aliphatic hydroxyl groups excluding tert-OH is 26. The van der Waals surface area contributed by atoms with Gasteiger partial charge >= 0.3 is 11.9 Å². The van der Waals surface area contributed by atoms with Gasteiger partial charge in [0.25, 0.3) is 11.6 Å². The summed E-state index contributed by atoms with van der Waals surface area (Å²) in [5, 5.41) is 325. The van der Waals surface area contributed by atoms with Gasteiger partial charge in [0.05, 0.1) is 71.1 Å². The highest BCUT2D eigenvalue weighted by Crippen LogP contribution is 2.44. The zero-order chi connectivity index (χ0) is 81.1. The smallest absolute Gasteiger partial charge is 0.364 e. The van der Waals surface area contributed by atoms with Gasteiger partial charge in [0.2, 0.25) is 11.8 Å². The minimum atomic E-state index is -3.62. The first kappa shape index (κ1) is 90.7. The van der Waals surface area contributed by atoms with Gasteiger partial charge in [-0.3, -0.25) is 9.59 Å². The molecule has 31 N–H and O–H groups in total. The second-order valence-electron chi connectivity index (χ2n) is 27.2. The third-order valence-corrected chi connectivity index (χ3v) is 19.7. The summed E-state index contributed by atoms with van der Waals surface area (Å²) < 4.78 is 87.8. The molecule has 8 saturated heterocycles. The van der Waals surface area contributed by atoms with Crippen LogP contribution >= 0.6 is 0 Å². The van der Waals surface area contributed by atoms with Crippen LogP contribution in [0.4, 0.5) is 0 Å². The maximum absolute atomic E-state index is 14.0. The number of ether oxygens (including phenoxy) is 15. The fourth-order valence-corrected chi connectivity index (χ4v) is 13.9. The second kappa shape index (κ2) is 38.3.